The van der Waals surface area contributed by atoms with E-state index in [4.69, 9.17) is 9.47 Å². The zero-order chi connectivity index (χ0) is 18.9. The monoisotopic (exact) mass is 381 g/mol. The van der Waals surface area contributed by atoms with Crippen LogP contribution in [0.15, 0.2) is 18.2 Å². The summed E-state index contributed by atoms with van der Waals surface area (Å²) in [5, 5.41) is 5.72. The number of nitrogens with zero attached hydrogens (tertiary/aromatic N) is 1. The number of methoxy groups -OCH3 is 2. The zero-order valence-electron chi connectivity index (χ0n) is 15.5. The van der Waals surface area contributed by atoms with E-state index >= 15 is 0 Å². The van der Waals surface area contributed by atoms with Gasteiger partial charge in [0.25, 0.3) is 0 Å². The Morgan fingerprint density at radius 3 is 2.88 bits per heavy atom. The molecule has 1 aliphatic rings. The number of carbonyl (C=O) groups is 2. The smallest absolute Gasteiger partial charge is 0.237 e. The minimum Gasteiger partial charge on any atom is -0.493 e. The van der Waals surface area contributed by atoms with Gasteiger partial charge < -0.3 is 20.1 Å². The van der Waals surface area contributed by atoms with Crippen LogP contribution in [0.1, 0.15) is 12.0 Å². The topological polar surface area (TPSA) is 79.9 Å². The van der Waals surface area contributed by atoms with E-state index < -0.39 is 6.04 Å². The van der Waals surface area contributed by atoms with Crippen LogP contribution in [0.4, 0.5) is 0 Å². The Kier molecular flexibility index (Phi) is 8.06. The Balaban J connectivity index is 2.10. The molecule has 0 spiro atoms. The first kappa shape index (κ1) is 20.4. The van der Waals surface area contributed by atoms with Gasteiger partial charge in [-0.2, -0.15) is 11.8 Å². The van der Waals surface area contributed by atoms with Crippen LogP contribution in [0.3, 0.4) is 0 Å². The Hall–Kier alpha value is -1.93. The van der Waals surface area contributed by atoms with E-state index in [0.29, 0.717) is 37.7 Å². The van der Waals surface area contributed by atoms with Gasteiger partial charge in [-0.3, -0.25) is 14.5 Å². The van der Waals surface area contributed by atoms with Gasteiger partial charge in [-0.1, -0.05) is 12.1 Å². The third kappa shape index (κ3) is 5.28. The molecule has 1 heterocycles. The number of hydrogen-bond acceptors (Lipinski definition) is 6. The number of thioether (sulfide) groups is 1. The fourth-order valence-electron chi connectivity index (χ4n) is 3.01. The molecule has 1 fully saturated rings. The molecule has 1 aromatic rings. The molecular weight excluding hydrogens is 354 g/mol. The summed E-state index contributed by atoms with van der Waals surface area (Å²) < 4.78 is 10.8. The van der Waals surface area contributed by atoms with Crippen molar-refractivity contribution in [3.63, 3.8) is 0 Å². The van der Waals surface area contributed by atoms with Gasteiger partial charge in [-0.25, -0.2) is 0 Å². The van der Waals surface area contributed by atoms with Gasteiger partial charge in [0.2, 0.25) is 11.8 Å². The highest BCUT2D eigenvalue weighted by molar-refractivity contribution is 7.98. The predicted molar refractivity (Wildman–Crippen MR) is 103 cm³/mol. The van der Waals surface area contributed by atoms with Crippen LogP contribution in [0.25, 0.3) is 0 Å². The number of hydrogen-bond donors (Lipinski definition) is 2. The molecule has 0 aromatic heterocycles. The molecule has 0 radical (unpaired) electrons. The number of benzene rings is 1. The third-order valence-electron chi connectivity index (χ3n) is 4.31. The van der Waals surface area contributed by atoms with Gasteiger partial charge in [-0.05, 0) is 12.3 Å². The molecule has 144 valence electrons. The number of piperazine rings is 1. The molecule has 0 unspecified atom stereocenters. The Morgan fingerprint density at radius 1 is 1.38 bits per heavy atom. The van der Waals surface area contributed by atoms with E-state index in [9.17, 15) is 9.59 Å². The number of para-hydroxylation sites is 1. The first-order valence-corrected chi connectivity index (χ1v) is 9.97. The van der Waals surface area contributed by atoms with E-state index in [0.717, 1.165) is 11.3 Å². The number of ether oxygens (including phenoxy) is 2. The molecule has 0 saturated carbocycles. The van der Waals surface area contributed by atoms with Gasteiger partial charge in [-0.15, -0.1) is 0 Å². The lowest BCUT2D eigenvalue weighted by Gasteiger charge is -2.35. The molecule has 2 amide bonds. The molecule has 2 rings (SSSR count). The highest BCUT2D eigenvalue weighted by atomic mass is 32.2. The molecule has 1 aromatic carbocycles. The minimum atomic E-state index is -0.492. The van der Waals surface area contributed by atoms with Crippen molar-refractivity contribution in [2.75, 3.05) is 45.9 Å². The molecule has 1 saturated heterocycles. The number of nitrogens with one attached hydrogen (secondary N) is 2. The summed E-state index contributed by atoms with van der Waals surface area (Å²) in [7, 11) is 3.19. The third-order valence-corrected chi connectivity index (χ3v) is 4.92. The highest BCUT2D eigenvalue weighted by Crippen LogP contribution is 2.32. The van der Waals surface area contributed by atoms with Crippen molar-refractivity contribution in [2.45, 2.75) is 19.0 Å². The SMILES string of the molecule is COc1cccc(CN2CCNC(=O)[C@@H]2CC(=O)NCCSC)c1OC. The largest absolute Gasteiger partial charge is 0.493 e. The first-order valence-electron chi connectivity index (χ1n) is 8.58. The second-order valence-electron chi connectivity index (χ2n) is 5.98. The van der Waals surface area contributed by atoms with Crippen molar-refractivity contribution in [2.24, 2.45) is 0 Å². The van der Waals surface area contributed by atoms with E-state index in [1.54, 1.807) is 26.0 Å². The van der Waals surface area contributed by atoms with Crippen molar-refractivity contribution < 1.29 is 19.1 Å². The second-order valence-corrected chi connectivity index (χ2v) is 6.96. The fourth-order valence-corrected chi connectivity index (χ4v) is 3.32. The number of carbonyl (C=O) groups excluding carboxylic acids is 2. The second kappa shape index (κ2) is 10.3. The quantitative estimate of drug-likeness (QED) is 0.618. The Morgan fingerprint density at radius 2 is 2.19 bits per heavy atom. The van der Waals surface area contributed by atoms with Crippen LogP contribution in [0.5, 0.6) is 11.5 Å². The highest BCUT2D eigenvalue weighted by Gasteiger charge is 2.32. The van der Waals surface area contributed by atoms with E-state index in [1.807, 2.05) is 29.4 Å². The van der Waals surface area contributed by atoms with Crippen molar-refractivity contribution in [1.82, 2.24) is 15.5 Å². The van der Waals surface area contributed by atoms with Crippen molar-refractivity contribution in [3.05, 3.63) is 23.8 Å². The molecular formula is C18H27N3O4S. The standard InChI is InChI=1S/C18H27N3O4S/c1-24-15-6-4-5-13(17(15)25-2)12-21-9-7-20-18(23)14(21)11-16(22)19-8-10-26-3/h4-6,14H,7-12H2,1-3H3,(H,19,22)(H,20,23)/t14-/m0/s1. The minimum absolute atomic E-state index is 0.108. The summed E-state index contributed by atoms with van der Waals surface area (Å²) >= 11 is 1.67. The molecule has 0 aliphatic carbocycles. The normalized spacial score (nSPS) is 17.5. The van der Waals surface area contributed by atoms with E-state index in [-0.39, 0.29) is 18.2 Å². The number of amides is 2. The van der Waals surface area contributed by atoms with E-state index in [2.05, 4.69) is 10.6 Å². The molecule has 2 N–H and O–H groups in total. The first-order chi connectivity index (χ1) is 12.6. The maximum absolute atomic E-state index is 12.3. The summed E-state index contributed by atoms with van der Waals surface area (Å²) in [6, 6.07) is 5.19. The van der Waals surface area contributed by atoms with Crippen molar-refractivity contribution in [1.29, 1.82) is 0 Å². The van der Waals surface area contributed by atoms with Gasteiger partial charge in [0.05, 0.1) is 26.7 Å². The Labute approximate surface area is 158 Å². The lowest BCUT2D eigenvalue weighted by molar-refractivity contribution is -0.134. The van der Waals surface area contributed by atoms with Crippen LogP contribution in [0, 0.1) is 0 Å². The van der Waals surface area contributed by atoms with Crippen LogP contribution in [0.2, 0.25) is 0 Å². The van der Waals surface area contributed by atoms with Crippen LogP contribution in [-0.4, -0.2) is 68.6 Å². The summed E-state index contributed by atoms with van der Waals surface area (Å²) in [5.41, 5.74) is 0.925. The lowest BCUT2D eigenvalue weighted by atomic mass is 10.1. The zero-order valence-corrected chi connectivity index (χ0v) is 16.4. The average Bonchev–Trinajstić information content (AvgIpc) is 2.64. The van der Waals surface area contributed by atoms with Gasteiger partial charge in [0.1, 0.15) is 0 Å². The van der Waals surface area contributed by atoms with Gasteiger partial charge in [0, 0.05) is 37.5 Å². The molecule has 1 aliphatic heterocycles. The van der Waals surface area contributed by atoms with E-state index in [1.165, 1.54) is 0 Å². The molecule has 0 bridgehead atoms. The summed E-state index contributed by atoms with van der Waals surface area (Å²) in [6.07, 6.45) is 2.14. The molecule has 8 heteroatoms. The fraction of sp³-hybridized carbons (Fsp3) is 0.556. The lowest BCUT2D eigenvalue weighted by Crippen LogP contribution is -2.56. The van der Waals surface area contributed by atoms with Crippen LogP contribution in [-0.2, 0) is 16.1 Å². The van der Waals surface area contributed by atoms with Crippen LogP contribution >= 0.6 is 11.8 Å². The van der Waals surface area contributed by atoms with Crippen LogP contribution < -0.4 is 20.1 Å². The van der Waals surface area contributed by atoms with Gasteiger partial charge in [0.15, 0.2) is 11.5 Å². The van der Waals surface area contributed by atoms with Crippen molar-refractivity contribution in [3.8, 4) is 11.5 Å². The average molecular weight is 381 g/mol. The number of rotatable bonds is 9. The summed E-state index contributed by atoms with van der Waals surface area (Å²) in [5.74, 6) is 1.94. The maximum atomic E-state index is 12.3. The van der Waals surface area contributed by atoms with Gasteiger partial charge >= 0.3 is 0 Å². The maximum Gasteiger partial charge on any atom is 0.237 e. The summed E-state index contributed by atoms with van der Waals surface area (Å²) in [4.78, 5) is 26.5. The summed E-state index contributed by atoms with van der Waals surface area (Å²) in [6.45, 7) is 2.36. The molecule has 1 atom stereocenters. The van der Waals surface area contributed by atoms with Crippen molar-refractivity contribution >= 4 is 23.6 Å². The predicted octanol–water partition coefficient (Wildman–Crippen LogP) is 0.874. The molecule has 7 nitrogen and oxygen atoms in total. The Bertz CT molecular complexity index is 626. The molecule has 26 heavy (non-hydrogen) atoms.